The molecule has 1 aliphatic carbocycles. The molecule has 1 N–H and O–H groups in total. The number of amides is 1. The summed E-state index contributed by atoms with van der Waals surface area (Å²) in [7, 11) is 0. The minimum atomic E-state index is -0.845. The van der Waals surface area contributed by atoms with Gasteiger partial charge in [-0.05, 0) is 67.5 Å². The standard InChI is InChI=1S/C29H33NO7/c1-4-9-19-14-22-23(35-17-34-22)15-21(19)24-20(26-27(25(24)31)37-29(2,3)36-26)12-8-13-30-28(32)33-16-18-10-6-5-7-11-18/h5-7,10-11,14-15,26-27H,4,8-9,12-13,16-17H2,1-3H3,(H,30,32)/t26-,27+/m0/s1. The molecule has 0 unspecified atom stereocenters. The Morgan fingerprint density at radius 1 is 1.05 bits per heavy atom. The van der Waals surface area contributed by atoms with Crippen molar-refractivity contribution in [3.05, 3.63) is 64.7 Å². The summed E-state index contributed by atoms with van der Waals surface area (Å²) in [6.45, 7) is 6.54. The number of Topliss-reactive ketones (excluding diaryl/α,β-unsaturated/α-hetero) is 1. The number of carbonyl (C=O) groups is 2. The molecule has 0 spiro atoms. The van der Waals surface area contributed by atoms with Crippen molar-refractivity contribution in [1.29, 1.82) is 0 Å². The van der Waals surface area contributed by atoms with E-state index in [4.69, 9.17) is 23.7 Å². The molecule has 196 valence electrons. The van der Waals surface area contributed by atoms with Crippen LogP contribution in [0, 0.1) is 0 Å². The number of ketones is 1. The number of hydrogen-bond donors (Lipinski definition) is 1. The molecule has 2 atom stereocenters. The van der Waals surface area contributed by atoms with E-state index >= 15 is 0 Å². The van der Waals surface area contributed by atoms with Gasteiger partial charge in [0.25, 0.3) is 0 Å². The third-order valence-electron chi connectivity index (χ3n) is 6.76. The van der Waals surface area contributed by atoms with Crippen molar-refractivity contribution >= 4 is 17.4 Å². The molecule has 1 fully saturated rings. The van der Waals surface area contributed by atoms with Crippen LogP contribution in [0.5, 0.6) is 11.5 Å². The normalized spacial score (nSPS) is 21.3. The second-order valence-corrected chi connectivity index (χ2v) is 9.95. The molecule has 2 aromatic carbocycles. The van der Waals surface area contributed by atoms with E-state index in [9.17, 15) is 9.59 Å². The number of carbonyl (C=O) groups excluding carboxylic acids is 2. The lowest BCUT2D eigenvalue weighted by Gasteiger charge is -2.21. The average molecular weight is 508 g/mol. The summed E-state index contributed by atoms with van der Waals surface area (Å²) in [6.07, 6.45) is 1.30. The largest absolute Gasteiger partial charge is 0.454 e. The minimum absolute atomic E-state index is 0.0722. The van der Waals surface area contributed by atoms with Crippen molar-refractivity contribution in [2.45, 2.75) is 71.1 Å². The maximum atomic E-state index is 13.7. The first kappa shape index (κ1) is 25.3. The van der Waals surface area contributed by atoms with Crippen LogP contribution in [0.15, 0.2) is 48.0 Å². The number of hydrogen-bond acceptors (Lipinski definition) is 7. The van der Waals surface area contributed by atoms with E-state index in [1.807, 2.05) is 56.3 Å². The topological polar surface area (TPSA) is 92.3 Å². The Balaban J connectivity index is 1.33. The van der Waals surface area contributed by atoms with E-state index in [1.54, 1.807) is 0 Å². The van der Waals surface area contributed by atoms with Gasteiger partial charge in [-0.2, -0.15) is 0 Å². The second kappa shape index (κ2) is 10.6. The van der Waals surface area contributed by atoms with E-state index < -0.39 is 24.1 Å². The number of rotatable bonds is 9. The molecular weight excluding hydrogens is 474 g/mol. The Kier molecular flexibility index (Phi) is 7.22. The van der Waals surface area contributed by atoms with Gasteiger partial charge in [0.15, 0.2) is 29.2 Å². The third-order valence-corrected chi connectivity index (χ3v) is 6.76. The lowest BCUT2D eigenvalue weighted by atomic mass is 9.91. The second-order valence-electron chi connectivity index (χ2n) is 9.95. The Morgan fingerprint density at radius 2 is 1.78 bits per heavy atom. The molecule has 2 aromatic rings. The predicted molar refractivity (Wildman–Crippen MR) is 136 cm³/mol. The summed E-state index contributed by atoms with van der Waals surface area (Å²) in [6, 6.07) is 13.4. The molecule has 1 amide bonds. The smallest absolute Gasteiger partial charge is 0.407 e. The van der Waals surface area contributed by atoms with E-state index in [2.05, 4.69) is 12.2 Å². The summed E-state index contributed by atoms with van der Waals surface area (Å²) < 4.78 is 28.7. The van der Waals surface area contributed by atoms with Gasteiger partial charge in [0.2, 0.25) is 6.79 Å². The zero-order valence-corrected chi connectivity index (χ0v) is 21.5. The zero-order chi connectivity index (χ0) is 26.0. The van der Waals surface area contributed by atoms with Crippen LogP contribution in [0.1, 0.15) is 56.7 Å². The van der Waals surface area contributed by atoms with Crippen molar-refractivity contribution in [3.63, 3.8) is 0 Å². The van der Waals surface area contributed by atoms with E-state index in [0.29, 0.717) is 36.5 Å². The number of benzene rings is 2. The first-order chi connectivity index (χ1) is 17.9. The van der Waals surface area contributed by atoms with Crippen LogP contribution in [-0.2, 0) is 32.0 Å². The van der Waals surface area contributed by atoms with Crippen LogP contribution in [0.4, 0.5) is 4.79 Å². The summed E-state index contributed by atoms with van der Waals surface area (Å²) in [4.78, 5) is 25.9. The van der Waals surface area contributed by atoms with Crippen molar-refractivity contribution in [2.24, 2.45) is 0 Å². The molecule has 2 heterocycles. The van der Waals surface area contributed by atoms with Crippen LogP contribution in [0.25, 0.3) is 5.57 Å². The average Bonchev–Trinajstić information content (AvgIpc) is 3.53. The fourth-order valence-corrected chi connectivity index (χ4v) is 5.16. The first-order valence-electron chi connectivity index (χ1n) is 12.9. The third kappa shape index (κ3) is 5.36. The number of fused-ring (bicyclic) bond motifs is 2. The summed E-state index contributed by atoms with van der Waals surface area (Å²) in [5, 5.41) is 2.81. The molecule has 8 heteroatoms. The van der Waals surface area contributed by atoms with E-state index in [-0.39, 0.29) is 19.2 Å². The SMILES string of the molecule is CCCc1cc2c(cc1C1=C(CCCNC(=O)OCc3ccccc3)[C@@H]3OC(C)(C)O[C@@H]3C1=O)OCO2. The van der Waals surface area contributed by atoms with Gasteiger partial charge >= 0.3 is 6.09 Å². The molecule has 3 aliphatic rings. The van der Waals surface area contributed by atoms with Crippen LogP contribution < -0.4 is 14.8 Å². The van der Waals surface area contributed by atoms with Crippen molar-refractivity contribution in [2.75, 3.05) is 13.3 Å². The Morgan fingerprint density at radius 3 is 2.54 bits per heavy atom. The van der Waals surface area contributed by atoms with Gasteiger partial charge < -0.3 is 29.0 Å². The Hall–Kier alpha value is -3.36. The highest BCUT2D eigenvalue weighted by molar-refractivity contribution is 6.27. The number of nitrogens with one attached hydrogen (secondary N) is 1. The van der Waals surface area contributed by atoms with Crippen LogP contribution >= 0.6 is 0 Å². The maximum absolute atomic E-state index is 13.7. The van der Waals surface area contributed by atoms with Gasteiger partial charge in [0, 0.05) is 12.1 Å². The van der Waals surface area contributed by atoms with Gasteiger partial charge in [-0.3, -0.25) is 4.79 Å². The van der Waals surface area contributed by atoms with Gasteiger partial charge in [-0.25, -0.2) is 4.79 Å². The molecule has 37 heavy (non-hydrogen) atoms. The quantitative estimate of drug-likeness (QED) is 0.481. The van der Waals surface area contributed by atoms with Gasteiger partial charge in [-0.1, -0.05) is 43.7 Å². The molecule has 0 saturated carbocycles. The first-order valence-corrected chi connectivity index (χ1v) is 12.9. The van der Waals surface area contributed by atoms with Crippen molar-refractivity contribution < 1.29 is 33.3 Å². The summed E-state index contributed by atoms with van der Waals surface area (Å²) in [5.74, 6) is 0.419. The fraction of sp³-hybridized carbons (Fsp3) is 0.448. The van der Waals surface area contributed by atoms with Gasteiger partial charge in [0.1, 0.15) is 12.7 Å². The highest BCUT2D eigenvalue weighted by atomic mass is 16.8. The molecule has 1 saturated heterocycles. The molecule has 0 bridgehead atoms. The molecular formula is C29H33NO7. The van der Waals surface area contributed by atoms with Crippen LogP contribution in [0.3, 0.4) is 0 Å². The number of aryl methyl sites for hydroxylation is 1. The van der Waals surface area contributed by atoms with Crippen molar-refractivity contribution in [1.82, 2.24) is 5.32 Å². The molecule has 5 rings (SSSR count). The molecule has 2 aliphatic heterocycles. The van der Waals surface area contributed by atoms with Gasteiger partial charge in [0.05, 0.1) is 0 Å². The molecule has 0 radical (unpaired) electrons. The number of alkyl carbamates (subject to hydrolysis) is 1. The summed E-state index contributed by atoms with van der Waals surface area (Å²) in [5.41, 5.74) is 4.35. The monoisotopic (exact) mass is 507 g/mol. The van der Waals surface area contributed by atoms with Crippen molar-refractivity contribution in [3.8, 4) is 11.5 Å². The lowest BCUT2D eigenvalue weighted by molar-refractivity contribution is -0.152. The lowest BCUT2D eigenvalue weighted by Crippen LogP contribution is -2.27. The highest BCUT2D eigenvalue weighted by Gasteiger charge is 2.53. The predicted octanol–water partition coefficient (Wildman–Crippen LogP) is 4.93. The maximum Gasteiger partial charge on any atom is 0.407 e. The highest BCUT2D eigenvalue weighted by Crippen LogP contribution is 2.47. The fourth-order valence-electron chi connectivity index (χ4n) is 5.16. The minimum Gasteiger partial charge on any atom is -0.454 e. The summed E-state index contributed by atoms with van der Waals surface area (Å²) >= 11 is 0. The van der Waals surface area contributed by atoms with E-state index in [0.717, 1.165) is 35.1 Å². The van der Waals surface area contributed by atoms with Crippen LogP contribution in [-0.4, -0.2) is 43.2 Å². The Labute approximate surface area is 216 Å². The van der Waals surface area contributed by atoms with Gasteiger partial charge in [-0.15, -0.1) is 0 Å². The molecule has 0 aromatic heterocycles. The van der Waals surface area contributed by atoms with Crippen LogP contribution in [0.2, 0.25) is 0 Å². The zero-order valence-electron chi connectivity index (χ0n) is 21.5. The molecule has 8 nitrogen and oxygen atoms in total. The van der Waals surface area contributed by atoms with E-state index in [1.165, 1.54) is 0 Å². The Bertz CT molecular complexity index is 1200. The number of ether oxygens (including phenoxy) is 5.